The van der Waals surface area contributed by atoms with Crippen molar-refractivity contribution in [3.8, 4) is 5.75 Å². The number of carbonyl (C=O) groups excluding carboxylic acids is 6. The van der Waals surface area contributed by atoms with E-state index in [1.54, 1.807) is 0 Å². The Morgan fingerprint density at radius 1 is 1.02 bits per heavy atom. The van der Waals surface area contributed by atoms with Crippen molar-refractivity contribution in [2.24, 2.45) is 0 Å². The minimum Gasteiger partial charge on any atom is -0.486 e. The molecule has 17 nitrogen and oxygen atoms in total. The van der Waals surface area contributed by atoms with E-state index in [-0.39, 0.29) is 30.9 Å². The van der Waals surface area contributed by atoms with Gasteiger partial charge >= 0.3 is 24.2 Å². The normalized spacial score (nSPS) is 17.6. The largest absolute Gasteiger partial charge is 0.486 e. The molecule has 6 amide bonds. The zero-order valence-corrected chi connectivity index (χ0v) is 27.7. The molecular formula is C29H36F6N6O11. The number of aliphatic hydroxyl groups is 1. The van der Waals surface area contributed by atoms with Gasteiger partial charge in [-0.15, -0.1) is 0 Å². The Balaban J connectivity index is 2.07. The fraction of sp³-hybridized carbons (Fsp3) is 0.552. The lowest BCUT2D eigenvalue weighted by molar-refractivity contribution is -0.278. The molecule has 1 aliphatic rings. The maximum absolute atomic E-state index is 14.2. The average Bonchev–Trinajstić information content (AvgIpc) is 3.12. The van der Waals surface area contributed by atoms with Gasteiger partial charge in [0.1, 0.15) is 36.4 Å². The van der Waals surface area contributed by atoms with E-state index in [0.29, 0.717) is 6.92 Å². The molecule has 2 rings (SSSR count). The Kier molecular flexibility index (Phi) is 14.6. The minimum absolute atomic E-state index is 0.112. The summed E-state index contributed by atoms with van der Waals surface area (Å²) in [6.07, 6.45) is -9.05. The van der Waals surface area contributed by atoms with E-state index in [0.717, 1.165) is 35.3 Å². The molecule has 0 aromatic heterocycles. The van der Waals surface area contributed by atoms with E-state index in [9.17, 15) is 65.0 Å². The van der Waals surface area contributed by atoms with Gasteiger partial charge in [-0.1, -0.05) is 0 Å². The first-order valence-electron chi connectivity index (χ1n) is 15.2. The maximum Gasteiger partial charge on any atom is 0.455 e. The Morgan fingerprint density at radius 3 is 2.25 bits per heavy atom. The molecule has 7 N–H and O–H groups in total. The molecule has 1 aromatic carbocycles. The highest BCUT2D eigenvalue weighted by Gasteiger charge is 2.58. The summed E-state index contributed by atoms with van der Waals surface area (Å²) in [6.45, 7) is -0.974. The minimum atomic E-state index is -6.06. The van der Waals surface area contributed by atoms with Crippen LogP contribution in [0.5, 0.6) is 5.75 Å². The number of fused-ring (bicyclic) bond motifs is 1. The summed E-state index contributed by atoms with van der Waals surface area (Å²) in [5, 5.41) is 29.4. The van der Waals surface area contributed by atoms with Crippen LogP contribution in [0.25, 0.3) is 0 Å². The number of carboxylic acid groups (broad SMARTS) is 1. The lowest BCUT2D eigenvalue weighted by Crippen LogP contribution is -2.63. The second kappa shape index (κ2) is 17.7. The molecule has 1 unspecified atom stereocenters. The van der Waals surface area contributed by atoms with E-state index < -0.39 is 109 Å². The zero-order valence-electron chi connectivity index (χ0n) is 27.7. The molecule has 290 valence electrons. The third-order valence-corrected chi connectivity index (χ3v) is 7.17. The first-order chi connectivity index (χ1) is 24.0. The van der Waals surface area contributed by atoms with Gasteiger partial charge in [-0.3, -0.25) is 28.8 Å². The van der Waals surface area contributed by atoms with Crippen LogP contribution >= 0.6 is 0 Å². The molecule has 52 heavy (non-hydrogen) atoms. The average molecular weight is 759 g/mol. The predicted octanol–water partition coefficient (Wildman–Crippen LogP) is -0.299. The second-order valence-electron chi connectivity index (χ2n) is 11.4. The number of aliphatic carboxylic acids is 1. The highest BCUT2D eigenvalue weighted by molar-refractivity contribution is 6.10. The number of ether oxygens (including phenoxy) is 2. The van der Waals surface area contributed by atoms with Gasteiger partial charge < -0.3 is 51.2 Å². The van der Waals surface area contributed by atoms with Crippen molar-refractivity contribution in [1.29, 1.82) is 0 Å². The molecule has 0 saturated carbocycles. The van der Waals surface area contributed by atoms with E-state index in [1.807, 2.05) is 5.32 Å². The van der Waals surface area contributed by atoms with Crippen LogP contribution in [0.1, 0.15) is 33.6 Å². The monoisotopic (exact) mass is 758 g/mol. The topological polar surface area (TPSA) is 242 Å². The van der Waals surface area contributed by atoms with Crippen LogP contribution in [0.15, 0.2) is 18.2 Å². The maximum atomic E-state index is 14.2. The van der Waals surface area contributed by atoms with Crippen LogP contribution < -0.4 is 36.2 Å². The summed E-state index contributed by atoms with van der Waals surface area (Å²) < 4.78 is 88.9. The van der Waals surface area contributed by atoms with Crippen LogP contribution in [0.2, 0.25) is 0 Å². The van der Waals surface area contributed by atoms with Crippen LogP contribution in [-0.2, 0) is 33.5 Å². The summed E-state index contributed by atoms with van der Waals surface area (Å²) >= 11 is 0. The Labute approximate surface area is 290 Å². The number of hydrogen-bond donors (Lipinski definition) is 7. The summed E-state index contributed by atoms with van der Waals surface area (Å²) in [4.78, 5) is 86.3. The molecule has 1 aliphatic heterocycles. The van der Waals surface area contributed by atoms with Gasteiger partial charge in [-0.25, -0.2) is 9.18 Å². The number of carbonyl (C=O) groups is 7. The molecule has 4 atom stereocenters. The summed E-state index contributed by atoms with van der Waals surface area (Å²) in [5.41, 5.74) is -3.50. The van der Waals surface area contributed by atoms with Crippen LogP contribution in [0.3, 0.4) is 0 Å². The first kappa shape index (κ1) is 42.8. The summed E-state index contributed by atoms with van der Waals surface area (Å²) in [6, 6.07) is -0.00269. The van der Waals surface area contributed by atoms with E-state index in [1.165, 1.54) is 6.92 Å². The Hall–Kier alpha value is -5.35. The number of anilines is 1. The number of amides is 6. The first-order valence-corrected chi connectivity index (χ1v) is 15.2. The van der Waals surface area contributed by atoms with Crippen molar-refractivity contribution >= 4 is 47.3 Å². The number of carboxylic acids is 1. The highest BCUT2D eigenvalue weighted by Crippen LogP contribution is 2.35. The molecule has 0 radical (unpaired) electrons. The Morgan fingerprint density at radius 2 is 1.65 bits per heavy atom. The van der Waals surface area contributed by atoms with E-state index in [4.69, 9.17) is 14.6 Å². The van der Waals surface area contributed by atoms with Gasteiger partial charge in [-0.2, -0.15) is 22.0 Å². The van der Waals surface area contributed by atoms with Gasteiger partial charge in [0, 0.05) is 32.5 Å². The third-order valence-electron chi connectivity index (χ3n) is 7.17. The molecule has 23 heteroatoms. The van der Waals surface area contributed by atoms with Crippen molar-refractivity contribution in [3.05, 3.63) is 24.0 Å². The molecule has 0 spiro atoms. The van der Waals surface area contributed by atoms with Gasteiger partial charge in [0.2, 0.25) is 17.4 Å². The van der Waals surface area contributed by atoms with Gasteiger partial charge in [0.05, 0.1) is 18.8 Å². The van der Waals surface area contributed by atoms with Crippen LogP contribution in [-0.4, -0.2) is 120 Å². The van der Waals surface area contributed by atoms with Crippen LogP contribution in [0.4, 0.5) is 36.8 Å². The number of nitrogens with zero attached hydrogens (tertiary/aromatic N) is 1. The number of benzene rings is 1. The fourth-order valence-electron chi connectivity index (χ4n) is 4.35. The Bertz CT molecular complexity index is 1530. The van der Waals surface area contributed by atoms with Crippen molar-refractivity contribution in [3.63, 3.8) is 0 Å². The molecule has 1 heterocycles. The third kappa shape index (κ3) is 11.9. The number of hydrogen-bond acceptors (Lipinski definition) is 10. The number of nitrogens with one attached hydrogen (secondary N) is 5. The SMILES string of the molecule is CC(=O)NC(CCC(=O)O)C(=O)NCCNC(=O)OCCN1C(=O)[C@@H](NC(=O)[C@@](C)(O)C(=O)NCC(F)(F)C(F)(F)F)[C@@H](C)Oc2ccc(F)cc21. The zero-order chi connectivity index (χ0) is 39.6. The number of alkyl carbamates (subject to hydrolysis) is 1. The van der Waals surface area contributed by atoms with Gasteiger partial charge in [-0.05, 0) is 32.4 Å². The molecule has 1 aromatic rings. The number of alkyl halides is 5. The van der Waals surface area contributed by atoms with E-state index >= 15 is 0 Å². The molecule has 0 fully saturated rings. The second-order valence-corrected chi connectivity index (χ2v) is 11.4. The van der Waals surface area contributed by atoms with Crippen molar-refractivity contribution in [2.75, 3.05) is 37.7 Å². The van der Waals surface area contributed by atoms with E-state index in [2.05, 4.69) is 16.0 Å². The molecule has 0 bridgehead atoms. The summed E-state index contributed by atoms with van der Waals surface area (Å²) in [5.74, 6) is -13.6. The fourth-order valence-corrected chi connectivity index (χ4v) is 4.35. The summed E-state index contributed by atoms with van der Waals surface area (Å²) in [7, 11) is 0. The number of rotatable bonds is 16. The van der Waals surface area contributed by atoms with Crippen LogP contribution in [0, 0.1) is 5.82 Å². The quantitative estimate of drug-likeness (QED) is 0.0656. The van der Waals surface area contributed by atoms with Crippen molar-refractivity contribution in [1.82, 2.24) is 26.6 Å². The van der Waals surface area contributed by atoms with Crippen molar-refractivity contribution < 1.29 is 79.6 Å². The smallest absolute Gasteiger partial charge is 0.455 e. The van der Waals surface area contributed by atoms with Gasteiger partial charge in [0.15, 0.2) is 0 Å². The molecule has 0 saturated heterocycles. The number of halogens is 6. The van der Waals surface area contributed by atoms with Gasteiger partial charge in [0.25, 0.3) is 17.7 Å². The lowest BCUT2D eigenvalue weighted by atomic mass is 10.0. The predicted molar refractivity (Wildman–Crippen MR) is 162 cm³/mol. The molecule has 0 aliphatic carbocycles. The van der Waals surface area contributed by atoms with Crippen molar-refractivity contribution in [2.45, 2.75) is 69.5 Å². The highest BCUT2D eigenvalue weighted by atomic mass is 19.4. The molecular weight excluding hydrogens is 722 g/mol. The standard InChI is InChI=1S/C29H36F6N6O11/c1-14-21(40-25(48)27(3,50)24(47)38-13-28(31,32)29(33,34)35)23(46)41(18-12-16(30)4-6-19(18)52-14)10-11-51-26(49)37-9-8-36-22(45)17(39-15(2)42)5-7-20(43)44/h4,6,12,14,17,21,50H,5,7-11,13H2,1-3H3,(H,36,45)(H,37,49)(H,38,47)(H,39,42)(H,40,48)(H,43,44)/t14-,17?,21+,27+/m1/s1. The lowest BCUT2D eigenvalue weighted by Gasteiger charge is -2.29.